The molecule has 0 spiro atoms. The molecule has 0 bridgehead atoms. The second-order valence-electron chi connectivity index (χ2n) is 11.9. The van der Waals surface area contributed by atoms with Gasteiger partial charge in [0.25, 0.3) is 0 Å². The van der Waals surface area contributed by atoms with E-state index in [-0.39, 0.29) is 40.5 Å². The molecule has 1 heterocycles. The van der Waals surface area contributed by atoms with Gasteiger partial charge in [0.05, 0.1) is 22.9 Å². The third-order valence-corrected chi connectivity index (χ3v) is 11.4. The molecule has 4 aliphatic carbocycles. The second-order valence-corrected chi connectivity index (χ2v) is 12.9. The van der Waals surface area contributed by atoms with Crippen LogP contribution in [0.4, 0.5) is 0 Å². The number of rotatable bonds is 5. The number of aromatic nitrogens is 2. The zero-order valence-corrected chi connectivity index (χ0v) is 22.6. The van der Waals surface area contributed by atoms with Gasteiger partial charge in [-0.3, -0.25) is 9.59 Å². The van der Waals surface area contributed by atoms with Crippen LogP contribution in [-0.4, -0.2) is 48.8 Å². The highest BCUT2D eigenvalue weighted by Crippen LogP contribution is 2.67. The van der Waals surface area contributed by atoms with E-state index in [1.807, 2.05) is 37.3 Å². The number of hydrogen-bond donors (Lipinski definition) is 2. The van der Waals surface area contributed by atoms with Crippen molar-refractivity contribution in [2.24, 2.45) is 28.6 Å². The van der Waals surface area contributed by atoms with E-state index in [9.17, 15) is 19.8 Å². The Hall–Kier alpha value is -2.22. The maximum atomic E-state index is 13.8. The molecule has 0 radical (unpaired) electrons. The first-order valence-electron chi connectivity index (χ1n) is 13.6. The number of carbonyl (C=O) groups is 2. The predicted octanol–water partition coefficient (Wildman–Crippen LogP) is 4.73. The minimum atomic E-state index is -1.46. The van der Waals surface area contributed by atoms with Crippen molar-refractivity contribution in [2.45, 2.75) is 76.3 Å². The molecule has 3 fully saturated rings. The van der Waals surface area contributed by atoms with Crippen molar-refractivity contribution in [1.82, 2.24) is 9.55 Å². The van der Waals surface area contributed by atoms with Crippen LogP contribution in [-0.2, 0) is 16.1 Å². The van der Waals surface area contributed by atoms with Crippen molar-refractivity contribution in [3.05, 3.63) is 48.1 Å². The Morgan fingerprint density at radius 2 is 2.03 bits per heavy atom. The number of benzene rings is 1. The number of aliphatic hydroxyl groups excluding tert-OH is 1. The normalized spacial score (nSPS) is 38.7. The number of nitrogens with zero attached hydrogens (tertiary/aromatic N) is 2. The highest BCUT2D eigenvalue weighted by molar-refractivity contribution is 7.99. The molecule has 3 saturated carbocycles. The largest absolute Gasteiger partial charge is 0.393 e. The first kappa shape index (κ1) is 25.1. The van der Waals surface area contributed by atoms with E-state index in [0.717, 1.165) is 47.6 Å². The zero-order chi connectivity index (χ0) is 26.2. The summed E-state index contributed by atoms with van der Waals surface area (Å²) in [6, 6.07) is 7.97. The molecule has 0 aliphatic heterocycles. The third-order valence-electron chi connectivity index (χ3n) is 10.4. The quantitative estimate of drug-likeness (QED) is 0.554. The van der Waals surface area contributed by atoms with Crippen LogP contribution in [0.5, 0.6) is 0 Å². The second kappa shape index (κ2) is 8.65. The fourth-order valence-corrected chi connectivity index (χ4v) is 9.55. The summed E-state index contributed by atoms with van der Waals surface area (Å²) in [5, 5.41) is 24.4. The molecule has 2 aromatic rings. The van der Waals surface area contributed by atoms with Gasteiger partial charge in [0, 0.05) is 23.3 Å². The predicted molar refractivity (Wildman–Crippen MR) is 144 cm³/mol. The van der Waals surface area contributed by atoms with Crippen LogP contribution >= 0.6 is 11.8 Å². The van der Waals surface area contributed by atoms with Crippen molar-refractivity contribution in [3.63, 3.8) is 0 Å². The maximum Gasteiger partial charge on any atom is 0.178 e. The fraction of sp³-hybridized carbons (Fsp3) is 0.567. The molecule has 0 saturated heterocycles. The Kier molecular flexibility index (Phi) is 5.86. The standard InChI is InChI=1S/C30H36N2O4S/c1-4-32-23-8-6-5-7-22(23)31-27(32)37-17-25(35)30(36)14-12-21-20-10-9-18-15-19(33)11-13-28(18,2)26(20)24(34)16-29(21,30)3/h5-8,11,13,15,20-21,24,26,34,36H,4,9-10,12,14,16-17H2,1-3H3/t20-,21-,24-,26+,28-,29-,30-/m0/s1. The fourth-order valence-electron chi connectivity index (χ4n) is 8.51. The summed E-state index contributed by atoms with van der Waals surface area (Å²) in [7, 11) is 0. The summed E-state index contributed by atoms with van der Waals surface area (Å²) in [6.45, 7) is 7.00. The molecular formula is C30H36N2O4S. The first-order chi connectivity index (χ1) is 17.6. The van der Waals surface area contributed by atoms with Gasteiger partial charge in [-0.2, -0.15) is 0 Å². The first-order valence-corrected chi connectivity index (χ1v) is 14.6. The van der Waals surface area contributed by atoms with Gasteiger partial charge in [-0.15, -0.1) is 0 Å². The molecular weight excluding hydrogens is 484 g/mol. The van der Waals surface area contributed by atoms with Gasteiger partial charge in [0.2, 0.25) is 0 Å². The van der Waals surface area contributed by atoms with Crippen LogP contribution < -0.4 is 0 Å². The summed E-state index contributed by atoms with van der Waals surface area (Å²) >= 11 is 1.40. The molecule has 0 unspecified atom stereocenters. The summed E-state index contributed by atoms with van der Waals surface area (Å²) in [5.41, 5.74) is 0.577. The van der Waals surface area contributed by atoms with Gasteiger partial charge in [-0.1, -0.05) is 49.4 Å². The zero-order valence-electron chi connectivity index (χ0n) is 21.8. The number of carbonyl (C=O) groups excluding carboxylic acids is 2. The van der Waals surface area contributed by atoms with Gasteiger partial charge in [0.15, 0.2) is 16.7 Å². The van der Waals surface area contributed by atoms with Crippen LogP contribution in [0, 0.1) is 28.6 Å². The lowest BCUT2D eigenvalue weighted by Crippen LogP contribution is -2.61. The number of ketones is 2. The Labute approximate surface area is 222 Å². The van der Waals surface area contributed by atoms with Crippen LogP contribution in [0.1, 0.15) is 52.9 Å². The van der Waals surface area contributed by atoms with Crippen molar-refractivity contribution >= 4 is 34.4 Å². The minimum absolute atomic E-state index is 0.00814. The molecule has 37 heavy (non-hydrogen) atoms. The lowest BCUT2D eigenvalue weighted by atomic mass is 9.46. The lowest BCUT2D eigenvalue weighted by Gasteiger charge is -2.59. The molecule has 2 N–H and O–H groups in total. The lowest BCUT2D eigenvalue weighted by molar-refractivity contribution is -0.174. The van der Waals surface area contributed by atoms with Crippen LogP contribution in [0.2, 0.25) is 0 Å². The van der Waals surface area contributed by atoms with Gasteiger partial charge in [-0.25, -0.2) is 4.98 Å². The average Bonchev–Trinajstić information content (AvgIpc) is 3.37. The van der Waals surface area contributed by atoms with Gasteiger partial charge in [-0.05, 0) is 75.1 Å². The summed E-state index contributed by atoms with van der Waals surface area (Å²) in [4.78, 5) is 30.5. The monoisotopic (exact) mass is 520 g/mol. The molecule has 4 aliphatic rings. The van der Waals surface area contributed by atoms with Crippen molar-refractivity contribution in [3.8, 4) is 0 Å². The van der Waals surface area contributed by atoms with E-state index in [4.69, 9.17) is 4.98 Å². The third kappa shape index (κ3) is 3.50. The van der Waals surface area contributed by atoms with Crippen LogP contribution in [0.3, 0.4) is 0 Å². The van der Waals surface area contributed by atoms with Gasteiger partial charge in [0.1, 0.15) is 5.60 Å². The van der Waals surface area contributed by atoms with E-state index in [0.29, 0.717) is 12.8 Å². The van der Waals surface area contributed by atoms with Crippen LogP contribution in [0.25, 0.3) is 11.0 Å². The number of hydrogen-bond acceptors (Lipinski definition) is 6. The minimum Gasteiger partial charge on any atom is -0.393 e. The number of aryl methyl sites for hydroxylation is 1. The SMILES string of the molecule is CCn1c(SCC(=O)[C@@]2(O)CC[C@H]3[C@@H]4CCC5=CC(=O)C=C[C@]5(C)[C@H]4[C@@H](O)C[C@@]32C)nc2ccccc21. The van der Waals surface area contributed by atoms with E-state index in [1.165, 1.54) is 11.8 Å². The van der Waals surface area contributed by atoms with Crippen molar-refractivity contribution < 1.29 is 19.8 Å². The molecule has 1 aromatic carbocycles. The molecule has 6 rings (SSSR count). The Balaban J connectivity index is 1.26. The smallest absolute Gasteiger partial charge is 0.178 e. The maximum absolute atomic E-state index is 13.8. The highest BCUT2D eigenvalue weighted by Gasteiger charge is 2.68. The topological polar surface area (TPSA) is 92.4 Å². The van der Waals surface area contributed by atoms with E-state index < -0.39 is 17.1 Å². The molecule has 196 valence electrons. The Bertz CT molecular complexity index is 1350. The number of thioether (sulfide) groups is 1. The highest BCUT2D eigenvalue weighted by atomic mass is 32.2. The Morgan fingerprint density at radius 3 is 2.81 bits per heavy atom. The molecule has 0 amide bonds. The average molecular weight is 521 g/mol. The van der Waals surface area contributed by atoms with Crippen LogP contribution in [0.15, 0.2) is 53.2 Å². The number of imidazole rings is 1. The summed E-state index contributed by atoms with van der Waals surface area (Å²) in [5.74, 6) is 0.370. The van der Waals surface area contributed by atoms with Crippen molar-refractivity contribution in [2.75, 3.05) is 5.75 Å². The summed E-state index contributed by atoms with van der Waals surface area (Å²) in [6.07, 6.45) is 8.05. The molecule has 6 nitrogen and oxygen atoms in total. The number of para-hydroxylation sites is 2. The number of allylic oxidation sites excluding steroid dienone is 4. The summed E-state index contributed by atoms with van der Waals surface area (Å²) < 4.78 is 2.11. The van der Waals surface area contributed by atoms with E-state index in [1.54, 1.807) is 12.2 Å². The molecule has 7 atom stereocenters. The van der Waals surface area contributed by atoms with E-state index >= 15 is 0 Å². The van der Waals surface area contributed by atoms with Gasteiger partial charge < -0.3 is 14.8 Å². The molecule has 7 heteroatoms. The number of fused-ring (bicyclic) bond motifs is 6. The van der Waals surface area contributed by atoms with Gasteiger partial charge >= 0.3 is 0 Å². The molecule has 1 aromatic heterocycles. The number of aliphatic hydroxyl groups is 2. The Morgan fingerprint density at radius 1 is 1.24 bits per heavy atom. The van der Waals surface area contributed by atoms with E-state index in [2.05, 4.69) is 18.4 Å². The number of Topliss-reactive ketones (excluding diaryl/α,β-unsaturated/α-hetero) is 1. The van der Waals surface area contributed by atoms with Crippen molar-refractivity contribution in [1.29, 1.82) is 0 Å².